The maximum atomic E-state index is 12.8. The molecule has 0 spiro atoms. The first-order chi connectivity index (χ1) is 12.4. The lowest BCUT2D eigenvalue weighted by Crippen LogP contribution is -2.19. The summed E-state index contributed by atoms with van der Waals surface area (Å²) in [6.07, 6.45) is 5.95. The van der Waals surface area contributed by atoms with Gasteiger partial charge in [0.15, 0.2) is 0 Å². The highest BCUT2D eigenvalue weighted by Gasteiger charge is 2.31. The van der Waals surface area contributed by atoms with E-state index in [1.165, 1.54) is 44.2 Å². The van der Waals surface area contributed by atoms with Crippen LogP contribution in [0.15, 0.2) is 24.3 Å². The molecule has 1 unspecified atom stereocenters. The minimum atomic E-state index is -4.46. The zero-order chi connectivity index (χ0) is 19.4. The van der Waals surface area contributed by atoms with Crippen LogP contribution in [-0.4, -0.2) is 12.1 Å². The number of esters is 1. The van der Waals surface area contributed by atoms with Gasteiger partial charge in [-0.3, -0.25) is 0 Å². The highest BCUT2D eigenvalue weighted by Crippen LogP contribution is 2.29. The van der Waals surface area contributed by atoms with Crippen LogP contribution < -0.4 is 0 Å². The van der Waals surface area contributed by atoms with Crippen molar-refractivity contribution in [1.29, 1.82) is 0 Å². The summed E-state index contributed by atoms with van der Waals surface area (Å²) >= 11 is 0. The molecule has 148 valence electrons. The quantitative estimate of drug-likeness (QED) is 0.287. The summed E-state index contributed by atoms with van der Waals surface area (Å²) in [5.41, 5.74) is -0.869. The molecule has 0 radical (unpaired) electrons. The van der Waals surface area contributed by atoms with Crippen molar-refractivity contribution in [2.75, 3.05) is 0 Å². The third-order valence-electron chi connectivity index (χ3n) is 4.44. The molecule has 1 atom stereocenters. The topological polar surface area (TPSA) is 26.3 Å². The van der Waals surface area contributed by atoms with Crippen LogP contribution in [-0.2, 0) is 10.9 Å². The second-order valence-corrected chi connectivity index (χ2v) is 6.80. The van der Waals surface area contributed by atoms with E-state index < -0.39 is 17.7 Å². The maximum absolute atomic E-state index is 12.8. The van der Waals surface area contributed by atoms with Crippen molar-refractivity contribution < 1.29 is 22.7 Å². The lowest BCUT2D eigenvalue weighted by atomic mass is 10.0. The zero-order valence-electron chi connectivity index (χ0n) is 15.9. The second kappa shape index (κ2) is 12.0. The number of hydrogen-bond donors (Lipinski definition) is 0. The number of ether oxygens (including phenoxy) is 1. The molecular formula is C21H31F3O2. The summed E-state index contributed by atoms with van der Waals surface area (Å²) in [4.78, 5) is 12.2. The number of halogens is 3. The van der Waals surface area contributed by atoms with Crippen molar-refractivity contribution in [3.63, 3.8) is 0 Å². The van der Waals surface area contributed by atoms with Crippen molar-refractivity contribution in [3.05, 3.63) is 35.4 Å². The highest BCUT2D eigenvalue weighted by atomic mass is 19.4. The average molecular weight is 372 g/mol. The van der Waals surface area contributed by atoms with E-state index in [1.54, 1.807) is 0 Å². The molecule has 0 amide bonds. The molecule has 0 saturated carbocycles. The Balaban J connectivity index is 2.49. The van der Waals surface area contributed by atoms with Gasteiger partial charge in [-0.05, 0) is 37.5 Å². The van der Waals surface area contributed by atoms with Crippen LogP contribution >= 0.6 is 0 Å². The van der Waals surface area contributed by atoms with Gasteiger partial charge >= 0.3 is 12.1 Å². The van der Waals surface area contributed by atoms with Crippen LogP contribution in [0.3, 0.4) is 0 Å². The molecule has 26 heavy (non-hydrogen) atoms. The first-order valence-electron chi connectivity index (χ1n) is 9.76. The van der Waals surface area contributed by atoms with Gasteiger partial charge in [-0.15, -0.1) is 0 Å². The predicted molar refractivity (Wildman–Crippen MR) is 98.2 cm³/mol. The van der Waals surface area contributed by atoms with E-state index in [0.29, 0.717) is 0 Å². The van der Waals surface area contributed by atoms with Gasteiger partial charge in [0.2, 0.25) is 0 Å². The molecule has 0 aliphatic carbocycles. The fraction of sp³-hybridized carbons (Fsp3) is 0.667. The van der Waals surface area contributed by atoms with Gasteiger partial charge < -0.3 is 4.74 Å². The fourth-order valence-corrected chi connectivity index (χ4v) is 2.96. The second-order valence-electron chi connectivity index (χ2n) is 6.80. The number of alkyl halides is 3. The molecule has 0 heterocycles. The molecule has 2 nitrogen and oxygen atoms in total. The molecule has 0 bridgehead atoms. The molecular weight excluding hydrogens is 341 g/mol. The van der Waals surface area contributed by atoms with Gasteiger partial charge in [-0.1, -0.05) is 64.9 Å². The number of rotatable bonds is 12. The standard InChI is InChI=1S/C21H31F3O2/c1-3-5-6-7-8-9-10-15-19(12-4-2)26-20(25)17-13-11-14-18(16-17)21(22,23)24/h11,13-14,16,19H,3-10,12,15H2,1-2H3. The first kappa shape index (κ1) is 22.5. The summed E-state index contributed by atoms with van der Waals surface area (Å²) in [6.45, 7) is 4.20. The van der Waals surface area contributed by atoms with E-state index in [0.717, 1.165) is 44.2 Å². The Bertz CT molecular complexity index is 526. The minimum absolute atomic E-state index is 0.0412. The molecule has 1 aromatic carbocycles. The van der Waals surface area contributed by atoms with Crippen LogP contribution in [0, 0.1) is 0 Å². The van der Waals surface area contributed by atoms with Crippen LogP contribution in [0.4, 0.5) is 13.2 Å². The van der Waals surface area contributed by atoms with E-state index in [-0.39, 0.29) is 11.7 Å². The fourth-order valence-electron chi connectivity index (χ4n) is 2.96. The van der Waals surface area contributed by atoms with Crippen molar-refractivity contribution in [2.24, 2.45) is 0 Å². The van der Waals surface area contributed by atoms with Gasteiger partial charge in [-0.25, -0.2) is 4.79 Å². The summed E-state index contributed by atoms with van der Waals surface area (Å²) in [6, 6.07) is 4.43. The van der Waals surface area contributed by atoms with Crippen molar-refractivity contribution in [1.82, 2.24) is 0 Å². The molecule has 0 aliphatic heterocycles. The Morgan fingerprint density at radius 2 is 1.62 bits per heavy atom. The Kier molecular flexibility index (Phi) is 10.4. The molecule has 0 saturated heterocycles. The molecule has 0 aliphatic rings. The summed E-state index contributed by atoms with van der Waals surface area (Å²) in [5.74, 6) is -0.669. The van der Waals surface area contributed by atoms with Gasteiger partial charge in [0.25, 0.3) is 0 Å². The number of benzene rings is 1. The minimum Gasteiger partial charge on any atom is -0.459 e. The van der Waals surface area contributed by atoms with E-state index in [2.05, 4.69) is 6.92 Å². The molecule has 0 N–H and O–H groups in total. The van der Waals surface area contributed by atoms with Crippen LogP contribution in [0.1, 0.15) is 94.0 Å². The lowest BCUT2D eigenvalue weighted by molar-refractivity contribution is -0.137. The summed E-state index contributed by atoms with van der Waals surface area (Å²) in [7, 11) is 0. The zero-order valence-corrected chi connectivity index (χ0v) is 15.9. The average Bonchev–Trinajstić information content (AvgIpc) is 2.60. The van der Waals surface area contributed by atoms with E-state index in [4.69, 9.17) is 4.74 Å². The Labute approximate surface area is 155 Å². The normalized spacial score (nSPS) is 12.8. The number of hydrogen-bond acceptors (Lipinski definition) is 2. The van der Waals surface area contributed by atoms with E-state index in [1.807, 2.05) is 6.92 Å². The number of unbranched alkanes of at least 4 members (excludes halogenated alkanes) is 6. The molecule has 1 aromatic rings. The third-order valence-corrected chi connectivity index (χ3v) is 4.44. The SMILES string of the molecule is CCCCCCCCCC(CCC)OC(=O)c1cccc(C(F)(F)F)c1. The number of carbonyl (C=O) groups excluding carboxylic acids is 1. The summed E-state index contributed by atoms with van der Waals surface area (Å²) < 4.78 is 43.8. The van der Waals surface area contributed by atoms with E-state index >= 15 is 0 Å². The first-order valence-corrected chi connectivity index (χ1v) is 9.76. The number of carbonyl (C=O) groups is 1. The molecule has 1 rings (SSSR count). The molecule has 5 heteroatoms. The van der Waals surface area contributed by atoms with Gasteiger partial charge in [0, 0.05) is 0 Å². The van der Waals surface area contributed by atoms with Crippen molar-refractivity contribution >= 4 is 5.97 Å². The Morgan fingerprint density at radius 1 is 0.962 bits per heavy atom. The van der Waals surface area contributed by atoms with E-state index in [9.17, 15) is 18.0 Å². The highest BCUT2D eigenvalue weighted by molar-refractivity contribution is 5.89. The van der Waals surface area contributed by atoms with Crippen LogP contribution in [0.25, 0.3) is 0 Å². The smallest absolute Gasteiger partial charge is 0.416 e. The Morgan fingerprint density at radius 3 is 2.23 bits per heavy atom. The van der Waals surface area contributed by atoms with Crippen molar-refractivity contribution in [3.8, 4) is 0 Å². The predicted octanol–water partition coefficient (Wildman–Crippen LogP) is 7.17. The monoisotopic (exact) mass is 372 g/mol. The van der Waals surface area contributed by atoms with Crippen LogP contribution in [0.5, 0.6) is 0 Å². The Hall–Kier alpha value is -1.52. The van der Waals surface area contributed by atoms with Crippen LogP contribution in [0.2, 0.25) is 0 Å². The van der Waals surface area contributed by atoms with Gasteiger partial charge in [0.1, 0.15) is 6.10 Å². The summed E-state index contributed by atoms with van der Waals surface area (Å²) in [5, 5.41) is 0. The van der Waals surface area contributed by atoms with Gasteiger partial charge in [-0.2, -0.15) is 13.2 Å². The third kappa shape index (κ3) is 8.72. The van der Waals surface area contributed by atoms with Crippen molar-refractivity contribution in [2.45, 2.75) is 90.3 Å². The molecule has 0 fully saturated rings. The lowest BCUT2D eigenvalue weighted by Gasteiger charge is -2.18. The molecule has 0 aromatic heterocycles. The van der Waals surface area contributed by atoms with Gasteiger partial charge in [0.05, 0.1) is 11.1 Å². The maximum Gasteiger partial charge on any atom is 0.416 e. The largest absolute Gasteiger partial charge is 0.459 e.